The van der Waals surface area contributed by atoms with E-state index in [2.05, 4.69) is 25.7 Å². The lowest BCUT2D eigenvalue weighted by molar-refractivity contribution is -0.119. The van der Waals surface area contributed by atoms with Gasteiger partial charge in [0.1, 0.15) is 0 Å². The first kappa shape index (κ1) is 17.9. The number of hydrogen-bond donors (Lipinski definition) is 2. The Hall–Kier alpha value is -2.94. The molecule has 1 unspecified atom stereocenters. The van der Waals surface area contributed by atoms with E-state index in [1.807, 2.05) is 26.0 Å². The fraction of sp³-hybridized carbons (Fsp3) is 0.235. The van der Waals surface area contributed by atoms with Crippen LogP contribution in [0.25, 0.3) is 5.78 Å². The van der Waals surface area contributed by atoms with Gasteiger partial charge >= 0.3 is 6.03 Å². The van der Waals surface area contributed by atoms with Gasteiger partial charge in [-0.2, -0.15) is 4.98 Å². The first-order valence-electron chi connectivity index (χ1n) is 7.97. The van der Waals surface area contributed by atoms with Gasteiger partial charge in [-0.05, 0) is 39.0 Å². The smallest absolute Gasteiger partial charge is 0.308 e. The number of imide groups is 1. The van der Waals surface area contributed by atoms with E-state index in [1.165, 1.54) is 11.8 Å². The average Bonchev–Trinajstić information content (AvgIpc) is 2.98. The molecule has 0 aliphatic rings. The number of anilines is 1. The van der Waals surface area contributed by atoms with Crippen LogP contribution < -0.4 is 10.6 Å². The molecule has 26 heavy (non-hydrogen) atoms. The molecule has 2 heterocycles. The van der Waals surface area contributed by atoms with Crippen LogP contribution in [0.1, 0.15) is 18.3 Å². The number of rotatable bonds is 4. The van der Waals surface area contributed by atoms with Crippen LogP contribution in [-0.4, -0.2) is 36.8 Å². The molecule has 0 bridgehead atoms. The number of carbonyl (C=O) groups excluding carboxylic acids is 2. The van der Waals surface area contributed by atoms with Crippen molar-refractivity contribution in [3.05, 3.63) is 47.8 Å². The second-order valence-corrected chi connectivity index (χ2v) is 7.02. The molecule has 0 aliphatic heterocycles. The Morgan fingerprint density at radius 3 is 2.62 bits per heavy atom. The molecule has 3 amide bonds. The van der Waals surface area contributed by atoms with E-state index < -0.39 is 17.2 Å². The molecule has 1 atom stereocenters. The van der Waals surface area contributed by atoms with E-state index in [0.717, 1.165) is 11.4 Å². The van der Waals surface area contributed by atoms with Crippen molar-refractivity contribution in [1.82, 2.24) is 24.9 Å². The lowest BCUT2D eigenvalue weighted by atomic mass is 10.3. The van der Waals surface area contributed by atoms with Crippen LogP contribution >= 0.6 is 11.8 Å². The van der Waals surface area contributed by atoms with E-state index >= 15 is 0 Å². The summed E-state index contributed by atoms with van der Waals surface area (Å²) in [6, 6.07) is 10.2. The summed E-state index contributed by atoms with van der Waals surface area (Å²) in [5.74, 6) is 0.0579. The van der Waals surface area contributed by atoms with E-state index in [-0.39, 0.29) is 0 Å². The van der Waals surface area contributed by atoms with Crippen LogP contribution in [0, 0.1) is 13.8 Å². The number of aryl methyl sites for hydroxylation is 2. The van der Waals surface area contributed by atoms with Crippen LogP contribution in [-0.2, 0) is 4.79 Å². The topological polar surface area (TPSA) is 101 Å². The number of nitrogens with zero attached hydrogens (tertiary/aromatic N) is 4. The summed E-state index contributed by atoms with van der Waals surface area (Å²) < 4.78 is 1.63. The predicted molar refractivity (Wildman–Crippen MR) is 99.2 cm³/mol. The summed E-state index contributed by atoms with van der Waals surface area (Å²) in [4.78, 5) is 32.8. The molecular weight excluding hydrogens is 352 g/mol. The van der Waals surface area contributed by atoms with Gasteiger partial charge in [-0.1, -0.05) is 30.0 Å². The molecule has 0 radical (unpaired) electrons. The van der Waals surface area contributed by atoms with Crippen molar-refractivity contribution >= 4 is 35.2 Å². The highest BCUT2D eigenvalue weighted by Gasteiger charge is 2.20. The minimum absolute atomic E-state index is 0.428. The molecule has 2 N–H and O–H groups in total. The highest BCUT2D eigenvalue weighted by molar-refractivity contribution is 8.00. The molecule has 2 aromatic heterocycles. The molecule has 0 saturated heterocycles. The quantitative estimate of drug-likeness (QED) is 0.685. The van der Waals surface area contributed by atoms with Crippen LogP contribution in [0.15, 0.2) is 41.6 Å². The fourth-order valence-electron chi connectivity index (χ4n) is 2.31. The van der Waals surface area contributed by atoms with Gasteiger partial charge in [-0.15, -0.1) is 5.10 Å². The number of nitrogens with one attached hydrogen (secondary N) is 2. The third-order valence-corrected chi connectivity index (χ3v) is 4.47. The molecule has 3 aromatic rings. The molecule has 8 nitrogen and oxygen atoms in total. The first-order valence-corrected chi connectivity index (χ1v) is 8.85. The third-order valence-electron chi connectivity index (χ3n) is 3.52. The van der Waals surface area contributed by atoms with Gasteiger partial charge in [0.05, 0.1) is 5.25 Å². The number of para-hydroxylation sites is 1. The van der Waals surface area contributed by atoms with E-state index in [4.69, 9.17) is 0 Å². The van der Waals surface area contributed by atoms with Crippen molar-refractivity contribution in [3.8, 4) is 0 Å². The Bertz CT molecular complexity index is 957. The normalized spacial score (nSPS) is 12.0. The Morgan fingerprint density at radius 1 is 1.15 bits per heavy atom. The van der Waals surface area contributed by atoms with Crippen LogP contribution in [0.2, 0.25) is 0 Å². The fourth-order valence-corrected chi connectivity index (χ4v) is 3.05. The van der Waals surface area contributed by atoms with Gasteiger partial charge in [0.25, 0.3) is 5.78 Å². The van der Waals surface area contributed by atoms with Crippen molar-refractivity contribution in [2.75, 3.05) is 5.32 Å². The maximum atomic E-state index is 12.2. The Morgan fingerprint density at radius 2 is 1.88 bits per heavy atom. The molecule has 1 aromatic carbocycles. The maximum Gasteiger partial charge on any atom is 0.325 e. The van der Waals surface area contributed by atoms with Gasteiger partial charge in [-0.25, -0.2) is 14.3 Å². The van der Waals surface area contributed by atoms with Gasteiger partial charge in [0.15, 0.2) is 0 Å². The number of fused-ring (bicyclic) bond motifs is 1. The molecule has 3 rings (SSSR count). The number of carbonyl (C=O) groups is 2. The molecule has 134 valence electrons. The second-order valence-electron chi connectivity index (χ2n) is 5.71. The first-order chi connectivity index (χ1) is 12.4. The number of benzene rings is 1. The van der Waals surface area contributed by atoms with Crippen molar-refractivity contribution in [2.24, 2.45) is 0 Å². The maximum absolute atomic E-state index is 12.2. The van der Waals surface area contributed by atoms with Gasteiger partial charge in [0.2, 0.25) is 11.1 Å². The Labute approximate surface area is 154 Å². The van der Waals surface area contributed by atoms with E-state index in [0.29, 0.717) is 16.6 Å². The van der Waals surface area contributed by atoms with Crippen LogP contribution in [0.3, 0.4) is 0 Å². The van der Waals surface area contributed by atoms with E-state index in [9.17, 15) is 9.59 Å². The van der Waals surface area contributed by atoms with E-state index in [1.54, 1.807) is 35.7 Å². The molecule has 0 saturated carbocycles. The molecule has 0 fully saturated rings. The largest absolute Gasteiger partial charge is 0.325 e. The minimum Gasteiger partial charge on any atom is -0.308 e. The lowest BCUT2D eigenvalue weighted by Gasteiger charge is -2.10. The van der Waals surface area contributed by atoms with Crippen LogP contribution in [0.5, 0.6) is 0 Å². The van der Waals surface area contributed by atoms with Crippen molar-refractivity contribution in [2.45, 2.75) is 31.2 Å². The summed E-state index contributed by atoms with van der Waals surface area (Å²) in [5.41, 5.74) is 2.37. The van der Waals surface area contributed by atoms with Gasteiger partial charge in [-0.3, -0.25) is 10.1 Å². The second kappa shape index (κ2) is 7.52. The summed E-state index contributed by atoms with van der Waals surface area (Å²) in [6.07, 6.45) is 0. The lowest BCUT2D eigenvalue weighted by Crippen LogP contribution is -2.38. The molecule has 0 aliphatic carbocycles. The highest BCUT2D eigenvalue weighted by atomic mass is 32.2. The number of urea groups is 1. The Kier molecular flexibility index (Phi) is 5.17. The average molecular weight is 370 g/mol. The highest BCUT2D eigenvalue weighted by Crippen LogP contribution is 2.20. The van der Waals surface area contributed by atoms with Gasteiger partial charge in [0, 0.05) is 17.1 Å². The zero-order valence-electron chi connectivity index (χ0n) is 14.6. The van der Waals surface area contributed by atoms with Gasteiger partial charge < -0.3 is 5.32 Å². The monoisotopic (exact) mass is 370 g/mol. The van der Waals surface area contributed by atoms with Crippen LogP contribution in [0.4, 0.5) is 10.5 Å². The minimum atomic E-state index is -0.579. The summed E-state index contributed by atoms with van der Waals surface area (Å²) in [6.45, 7) is 5.48. The Balaban J connectivity index is 1.62. The number of hydrogen-bond acceptors (Lipinski definition) is 6. The molecular formula is C17H18N6O2S. The van der Waals surface area contributed by atoms with Crippen molar-refractivity contribution in [1.29, 1.82) is 0 Å². The summed E-state index contributed by atoms with van der Waals surface area (Å²) >= 11 is 1.17. The standard InChI is InChI=1S/C17H18N6O2S/c1-10-9-11(2)23-15(18-10)21-17(22-23)26-12(3)14(24)20-16(25)19-13-7-5-4-6-8-13/h4-9,12H,1-3H3,(H2,19,20,24,25). The SMILES string of the molecule is Cc1cc(C)n2nc(SC(C)C(=O)NC(=O)Nc3ccccc3)nc2n1. The summed E-state index contributed by atoms with van der Waals surface area (Å²) in [7, 11) is 0. The zero-order chi connectivity index (χ0) is 18.7. The van der Waals surface area contributed by atoms with Crippen molar-refractivity contribution in [3.63, 3.8) is 0 Å². The third kappa shape index (κ3) is 4.17. The predicted octanol–water partition coefficient (Wildman–Crippen LogP) is 2.57. The molecule has 0 spiro atoms. The number of thioether (sulfide) groups is 1. The summed E-state index contributed by atoms with van der Waals surface area (Å²) in [5, 5.41) is 9.15. The molecule has 9 heteroatoms. The van der Waals surface area contributed by atoms with Crippen molar-refractivity contribution < 1.29 is 9.59 Å². The number of amides is 3. The zero-order valence-corrected chi connectivity index (χ0v) is 15.4. The number of aromatic nitrogens is 4.